The zero-order valence-electron chi connectivity index (χ0n) is 12.0. The Morgan fingerprint density at radius 1 is 1.29 bits per heavy atom. The summed E-state index contributed by atoms with van der Waals surface area (Å²) >= 11 is 0. The fourth-order valence-electron chi connectivity index (χ4n) is 1.85. The molecule has 0 fully saturated rings. The van der Waals surface area contributed by atoms with Gasteiger partial charge in [0.05, 0.1) is 7.11 Å². The number of hydrogen-bond acceptors (Lipinski definition) is 3. The molecule has 0 amide bonds. The van der Waals surface area contributed by atoms with Crippen molar-refractivity contribution in [3.05, 3.63) is 60.2 Å². The second kappa shape index (κ2) is 6.65. The third-order valence-electron chi connectivity index (χ3n) is 3.01. The van der Waals surface area contributed by atoms with Crippen LogP contribution in [-0.4, -0.2) is 23.6 Å². The zero-order chi connectivity index (χ0) is 15.2. The van der Waals surface area contributed by atoms with Crippen LogP contribution in [0.5, 0.6) is 0 Å². The van der Waals surface area contributed by atoms with E-state index in [1.807, 2.05) is 35.0 Å². The highest BCUT2D eigenvalue weighted by atomic mass is 16.5. The van der Waals surface area contributed by atoms with E-state index < -0.39 is 0 Å². The van der Waals surface area contributed by atoms with E-state index >= 15 is 0 Å². The van der Waals surface area contributed by atoms with E-state index in [4.69, 9.17) is 0 Å². The molecular formula is C16H17N2O3+. The van der Waals surface area contributed by atoms with Crippen molar-refractivity contribution in [2.45, 2.75) is 13.5 Å². The van der Waals surface area contributed by atoms with Crippen molar-refractivity contribution in [2.75, 3.05) is 7.11 Å². The summed E-state index contributed by atoms with van der Waals surface area (Å²) in [6, 6.07) is 7.82. The smallest absolute Gasteiger partial charge is 0.330 e. The number of carbonyl (C=O) groups is 2. The molecule has 0 aliphatic heterocycles. The first-order valence-corrected chi connectivity index (χ1v) is 6.51. The second-order valence-corrected chi connectivity index (χ2v) is 4.61. The molecule has 0 saturated heterocycles. The average Bonchev–Trinajstić information content (AvgIpc) is 2.95. The minimum absolute atomic E-state index is 0.0166. The molecule has 0 saturated carbocycles. The molecule has 0 atom stereocenters. The molecule has 0 N–H and O–H groups in total. The van der Waals surface area contributed by atoms with Crippen molar-refractivity contribution in [1.29, 1.82) is 0 Å². The molecule has 0 unspecified atom stereocenters. The Kier molecular flexibility index (Phi) is 4.66. The third-order valence-corrected chi connectivity index (χ3v) is 3.01. The first kappa shape index (κ1) is 14.7. The number of aromatic nitrogens is 2. The van der Waals surface area contributed by atoms with Gasteiger partial charge >= 0.3 is 11.9 Å². The molecular weight excluding hydrogens is 268 g/mol. The quantitative estimate of drug-likeness (QED) is 0.488. The van der Waals surface area contributed by atoms with Crippen LogP contribution in [0.3, 0.4) is 0 Å². The lowest BCUT2D eigenvalue weighted by atomic mass is 10.1. The van der Waals surface area contributed by atoms with Crippen molar-refractivity contribution in [1.82, 2.24) is 4.57 Å². The lowest BCUT2D eigenvalue weighted by Gasteiger charge is -1.99. The van der Waals surface area contributed by atoms with Crippen molar-refractivity contribution in [2.24, 2.45) is 0 Å². The average molecular weight is 285 g/mol. The van der Waals surface area contributed by atoms with Gasteiger partial charge in [-0.15, -0.1) is 0 Å². The van der Waals surface area contributed by atoms with E-state index in [2.05, 4.69) is 4.74 Å². The number of rotatable bonds is 4. The monoisotopic (exact) mass is 285 g/mol. The van der Waals surface area contributed by atoms with E-state index in [1.165, 1.54) is 24.7 Å². The maximum Gasteiger partial charge on any atom is 0.330 e. The molecule has 5 heteroatoms. The predicted octanol–water partition coefficient (Wildman–Crippen LogP) is 1.67. The van der Waals surface area contributed by atoms with E-state index in [9.17, 15) is 9.59 Å². The van der Waals surface area contributed by atoms with Gasteiger partial charge in [-0.2, -0.15) is 4.57 Å². The third kappa shape index (κ3) is 4.14. The van der Waals surface area contributed by atoms with Gasteiger partial charge in [0.1, 0.15) is 18.9 Å². The van der Waals surface area contributed by atoms with Crippen LogP contribution in [0, 0.1) is 0 Å². The fourth-order valence-corrected chi connectivity index (χ4v) is 1.85. The first-order valence-electron chi connectivity index (χ1n) is 6.51. The maximum atomic E-state index is 11.2. The van der Waals surface area contributed by atoms with Crippen LogP contribution in [0.1, 0.15) is 22.8 Å². The Labute approximate surface area is 123 Å². The lowest BCUT2D eigenvalue weighted by molar-refractivity contribution is -0.687. The van der Waals surface area contributed by atoms with Gasteiger partial charge in [0.2, 0.25) is 0 Å². The summed E-state index contributed by atoms with van der Waals surface area (Å²) < 4.78 is 8.00. The Hall–Kier alpha value is -2.69. The number of esters is 1. The van der Waals surface area contributed by atoms with Crippen LogP contribution in [0.15, 0.2) is 49.1 Å². The number of hydrogen-bond donors (Lipinski definition) is 0. The highest BCUT2D eigenvalue weighted by Crippen LogP contribution is 2.06. The minimum Gasteiger partial charge on any atom is -0.466 e. The van der Waals surface area contributed by atoms with Crippen LogP contribution < -0.4 is 4.57 Å². The summed E-state index contributed by atoms with van der Waals surface area (Å²) in [4.78, 5) is 22.2. The van der Waals surface area contributed by atoms with Crippen molar-refractivity contribution >= 4 is 18.0 Å². The van der Waals surface area contributed by atoms with Gasteiger partial charge in [-0.1, -0.05) is 24.3 Å². The number of imidazole rings is 1. The summed E-state index contributed by atoms with van der Waals surface area (Å²) in [6.45, 7) is 2.20. The van der Waals surface area contributed by atoms with Gasteiger partial charge in [-0.25, -0.2) is 14.2 Å². The van der Waals surface area contributed by atoms with Gasteiger partial charge in [0, 0.05) is 13.0 Å². The van der Waals surface area contributed by atoms with Gasteiger partial charge < -0.3 is 4.74 Å². The molecule has 1 heterocycles. The Bertz CT molecular complexity index is 669. The number of nitrogens with zero attached hydrogens (tertiary/aromatic N) is 2. The molecule has 0 aliphatic rings. The van der Waals surface area contributed by atoms with Gasteiger partial charge in [-0.3, -0.25) is 0 Å². The van der Waals surface area contributed by atoms with E-state index in [0.717, 1.165) is 11.1 Å². The van der Waals surface area contributed by atoms with Gasteiger partial charge in [-0.05, 0) is 17.2 Å². The molecule has 1 aromatic carbocycles. The molecule has 0 bridgehead atoms. The normalized spacial score (nSPS) is 10.8. The van der Waals surface area contributed by atoms with E-state index in [0.29, 0.717) is 6.54 Å². The summed E-state index contributed by atoms with van der Waals surface area (Å²) in [6.07, 6.45) is 8.43. The highest BCUT2D eigenvalue weighted by molar-refractivity contribution is 5.86. The first-order chi connectivity index (χ1) is 10.1. The second-order valence-electron chi connectivity index (χ2n) is 4.61. The van der Waals surface area contributed by atoms with E-state index in [-0.39, 0.29) is 11.9 Å². The largest absolute Gasteiger partial charge is 0.466 e. The summed E-state index contributed by atoms with van der Waals surface area (Å²) in [5, 5.41) is 0. The lowest BCUT2D eigenvalue weighted by Crippen LogP contribution is -2.31. The predicted molar refractivity (Wildman–Crippen MR) is 77.5 cm³/mol. The SMILES string of the molecule is COC(=O)C=Cc1ccc(C[n+]2ccn(C(C)=O)c2)cc1. The molecule has 0 radical (unpaired) electrons. The van der Waals surface area contributed by atoms with Crippen molar-refractivity contribution in [3.8, 4) is 0 Å². The number of ether oxygens (including phenoxy) is 1. The Balaban J connectivity index is 2.03. The molecule has 0 aliphatic carbocycles. The van der Waals surface area contributed by atoms with Crippen molar-refractivity contribution in [3.63, 3.8) is 0 Å². The maximum absolute atomic E-state index is 11.2. The standard InChI is InChI=1S/C16H17N2O3/c1-13(19)18-10-9-17(12-18)11-15-5-3-14(4-6-15)7-8-16(20)21-2/h3-10,12H,11H2,1-2H3/q+1. The Morgan fingerprint density at radius 3 is 2.57 bits per heavy atom. The molecule has 0 spiro atoms. The fraction of sp³-hybridized carbons (Fsp3) is 0.188. The molecule has 2 aromatic rings. The minimum atomic E-state index is -0.375. The highest BCUT2D eigenvalue weighted by Gasteiger charge is 2.07. The zero-order valence-corrected chi connectivity index (χ0v) is 12.0. The molecule has 21 heavy (non-hydrogen) atoms. The number of carbonyl (C=O) groups excluding carboxylic acids is 2. The molecule has 108 valence electrons. The molecule has 5 nitrogen and oxygen atoms in total. The topological polar surface area (TPSA) is 52.2 Å². The summed E-state index contributed by atoms with van der Waals surface area (Å²) in [5.41, 5.74) is 2.03. The van der Waals surface area contributed by atoms with Crippen LogP contribution in [0.25, 0.3) is 6.08 Å². The van der Waals surface area contributed by atoms with Gasteiger partial charge in [0.25, 0.3) is 6.33 Å². The van der Waals surface area contributed by atoms with Crippen LogP contribution in [0.4, 0.5) is 0 Å². The molecule has 1 aromatic heterocycles. The summed E-state index contributed by atoms with van der Waals surface area (Å²) in [5.74, 6) is -0.391. The summed E-state index contributed by atoms with van der Waals surface area (Å²) in [7, 11) is 1.35. The van der Waals surface area contributed by atoms with Crippen LogP contribution >= 0.6 is 0 Å². The van der Waals surface area contributed by atoms with Gasteiger partial charge in [0.15, 0.2) is 0 Å². The van der Waals surface area contributed by atoms with Crippen LogP contribution in [0.2, 0.25) is 0 Å². The number of methoxy groups -OCH3 is 1. The Morgan fingerprint density at radius 2 is 2.00 bits per heavy atom. The van der Waals surface area contributed by atoms with Crippen molar-refractivity contribution < 1.29 is 18.9 Å². The molecule has 2 rings (SSSR count). The van der Waals surface area contributed by atoms with Crippen LogP contribution in [-0.2, 0) is 16.1 Å². The van der Waals surface area contributed by atoms with E-state index in [1.54, 1.807) is 18.6 Å². The number of benzene rings is 1.